The molecule has 0 amide bonds. The highest BCUT2D eigenvalue weighted by Crippen LogP contribution is 2.27. The maximum atomic E-state index is 13.2. The van der Waals surface area contributed by atoms with Gasteiger partial charge in [-0.15, -0.1) is 11.7 Å². The van der Waals surface area contributed by atoms with Gasteiger partial charge in [-0.1, -0.05) is 10.8 Å². The van der Waals surface area contributed by atoms with Gasteiger partial charge >= 0.3 is 0 Å². The lowest BCUT2D eigenvalue weighted by atomic mass is 10.3. The summed E-state index contributed by atoms with van der Waals surface area (Å²) in [5.74, 6) is 0.261. The van der Waals surface area contributed by atoms with Crippen LogP contribution in [-0.4, -0.2) is 6.10 Å². The van der Waals surface area contributed by atoms with Gasteiger partial charge in [-0.3, -0.25) is 0 Å². The van der Waals surface area contributed by atoms with Gasteiger partial charge in [0.15, 0.2) is 0 Å². The Balaban J connectivity index is 2.83. The molecule has 4 heteroatoms. The predicted octanol–water partition coefficient (Wildman–Crippen LogP) is 3.55. The molecule has 0 bridgehead atoms. The van der Waals surface area contributed by atoms with Crippen LogP contribution < -0.4 is 4.74 Å². The molecule has 0 saturated carbocycles. The van der Waals surface area contributed by atoms with E-state index in [4.69, 9.17) is 4.74 Å². The molecule has 1 aromatic carbocycles. The van der Waals surface area contributed by atoms with E-state index in [1.807, 2.05) is 13.8 Å². The molecule has 1 nitrogen and oxygen atoms in total. The lowest BCUT2D eigenvalue weighted by molar-refractivity contribution is 0.241. The van der Waals surface area contributed by atoms with Crippen molar-refractivity contribution in [3.05, 3.63) is 24.0 Å². The third-order valence-corrected chi connectivity index (χ3v) is 2.49. The zero-order chi connectivity index (χ0) is 9.84. The van der Waals surface area contributed by atoms with Gasteiger partial charge in [0.2, 0.25) is 0 Å². The zero-order valence-corrected chi connectivity index (χ0v) is 9.16. The second-order valence-electron chi connectivity index (χ2n) is 2.85. The number of hydrogen-bond donors (Lipinski definition) is 1. The molecule has 0 radical (unpaired) electrons. The fraction of sp³-hybridized carbons (Fsp3) is 0.333. The lowest BCUT2D eigenvalue weighted by Gasteiger charge is -2.09. The second-order valence-corrected chi connectivity index (χ2v) is 4.02. The summed E-state index contributed by atoms with van der Waals surface area (Å²) in [6.45, 7) is 3.80. The number of benzene rings is 1. The lowest BCUT2D eigenvalue weighted by Crippen LogP contribution is -2.05. The van der Waals surface area contributed by atoms with Gasteiger partial charge in [0, 0.05) is 6.07 Å². The van der Waals surface area contributed by atoms with E-state index >= 15 is 0 Å². The first kappa shape index (κ1) is 10.7. The second kappa shape index (κ2) is 4.77. The molecule has 0 atom stereocenters. The van der Waals surface area contributed by atoms with E-state index in [1.165, 1.54) is 6.07 Å². The van der Waals surface area contributed by atoms with Crippen molar-refractivity contribution in [1.82, 2.24) is 0 Å². The Morgan fingerprint density at radius 1 is 1.46 bits per heavy atom. The Morgan fingerprint density at radius 2 is 2.15 bits per heavy atom. The van der Waals surface area contributed by atoms with Crippen molar-refractivity contribution in [2.45, 2.75) is 24.8 Å². The third kappa shape index (κ3) is 3.12. The van der Waals surface area contributed by atoms with Crippen molar-refractivity contribution >= 4 is 22.5 Å². The van der Waals surface area contributed by atoms with Gasteiger partial charge in [-0.25, -0.2) is 4.39 Å². The van der Waals surface area contributed by atoms with E-state index in [0.717, 1.165) is 10.8 Å². The summed E-state index contributed by atoms with van der Waals surface area (Å²) < 4.78 is 18.5. The van der Waals surface area contributed by atoms with Crippen LogP contribution in [0.5, 0.6) is 5.75 Å². The zero-order valence-electron chi connectivity index (χ0n) is 7.45. The van der Waals surface area contributed by atoms with Crippen molar-refractivity contribution in [2.24, 2.45) is 0 Å². The van der Waals surface area contributed by atoms with Gasteiger partial charge in [-0.2, -0.15) is 0 Å². The fourth-order valence-electron chi connectivity index (χ4n) is 0.901. The molecule has 1 aromatic rings. The van der Waals surface area contributed by atoms with E-state index in [0.29, 0.717) is 10.6 Å². The van der Waals surface area contributed by atoms with Crippen LogP contribution in [0.3, 0.4) is 0 Å². The first-order valence-corrected chi connectivity index (χ1v) is 5.78. The van der Waals surface area contributed by atoms with Crippen molar-refractivity contribution in [3.63, 3.8) is 0 Å². The van der Waals surface area contributed by atoms with E-state index < -0.39 is 0 Å². The average Bonchev–Trinajstić information content (AvgIpc) is 2.03. The van der Waals surface area contributed by atoms with Gasteiger partial charge in [0.05, 0.1) is 11.0 Å². The number of halogens is 1. The predicted molar refractivity (Wildman–Crippen MR) is 57.0 cm³/mol. The summed E-state index contributed by atoms with van der Waals surface area (Å²) in [6, 6.07) is 4.77. The van der Waals surface area contributed by atoms with E-state index in [9.17, 15) is 4.39 Å². The molecule has 13 heavy (non-hydrogen) atoms. The summed E-state index contributed by atoms with van der Waals surface area (Å²) in [5.41, 5.74) is 0. The monoisotopic (exact) mass is 218 g/mol. The van der Waals surface area contributed by atoms with Gasteiger partial charge in [0.25, 0.3) is 0 Å². The first-order chi connectivity index (χ1) is 6.13. The molecule has 0 heterocycles. The minimum absolute atomic E-state index is 0.0638. The third-order valence-electron chi connectivity index (χ3n) is 1.37. The average molecular weight is 218 g/mol. The van der Waals surface area contributed by atoms with E-state index in [1.54, 1.807) is 12.1 Å². The maximum Gasteiger partial charge on any atom is 0.141 e. The molecule has 0 spiro atoms. The molecule has 0 unspecified atom stereocenters. The van der Waals surface area contributed by atoms with Crippen molar-refractivity contribution in [3.8, 4) is 5.75 Å². The number of rotatable bonds is 3. The van der Waals surface area contributed by atoms with Crippen LogP contribution in [0.15, 0.2) is 23.1 Å². The molecule has 1 rings (SSSR count). The summed E-state index contributed by atoms with van der Waals surface area (Å²) in [5, 5.41) is 0. The Bertz CT molecular complexity index is 289. The SMILES string of the molecule is CC(C)Oc1ccc(SS)c(F)c1. The summed E-state index contributed by atoms with van der Waals surface area (Å²) >= 11 is 3.92. The standard InChI is InChI=1S/C9H11FOS2/c1-6(2)11-7-3-4-9(13-12)8(10)5-7/h3-6,12H,1-2H3. The van der Waals surface area contributed by atoms with Gasteiger partial charge in [0.1, 0.15) is 11.6 Å². The molecular weight excluding hydrogens is 207 g/mol. The van der Waals surface area contributed by atoms with Crippen molar-refractivity contribution < 1.29 is 9.13 Å². The molecular formula is C9H11FOS2. The molecule has 0 saturated heterocycles. The normalized spacial score (nSPS) is 10.5. The van der Waals surface area contributed by atoms with Gasteiger partial charge < -0.3 is 4.74 Å². The largest absolute Gasteiger partial charge is 0.491 e. The van der Waals surface area contributed by atoms with Crippen LogP contribution in [0, 0.1) is 5.82 Å². The molecule has 0 aliphatic heterocycles. The minimum Gasteiger partial charge on any atom is -0.491 e. The quantitative estimate of drug-likeness (QED) is 0.613. The molecule has 0 fully saturated rings. The highest BCUT2D eigenvalue weighted by atomic mass is 33.1. The van der Waals surface area contributed by atoms with E-state index in [2.05, 4.69) is 11.7 Å². The topological polar surface area (TPSA) is 9.23 Å². The summed E-state index contributed by atoms with van der Waals surface area (Å²) in [7, 11) is 1.09. The first-order valence-electron chi connectivity index (χ1n) is 3.91. The Morgan fingerprint density at radius 3 is 2.62 bits per heavy atom. The van der Waals surface area contributed by atoms with Crippen molar-refractivity contribution in [2.75, 3.05) is 0 Å². The minimum atomic E-state index is -0.293. The van der Waals surface area contributed by atoms with E-state index in [-0.39, 0.29) is 11.9 Å². The number of hydrogen-bond acceptors (Lipinski definition) is 3. The van der Waals surface area contributed by atoms with Crippen LogP contribution in [-0.2, 0) is 0 Å². The number of ether oxygens (including phenoxy) is 1. The Labute approximate surface area is 86.5 Å². The highest BCUT2D eigenvalue weighted by Gasteiger charge is 2.04. The van der Waals surface area contributed by atoms with Crippen LogP contribution in [0.25, 0.3) is 0 Å². The molecule has 0 aliphatic rings. The van der Waals surface area contributed by atoms with Gasteiger partial charge in [-0.05, 0) is 26.0 Å². The smallest absolute Gasteiger partial charge is 0.141 e. The highest BCUT2D eigenvalue weighted by molar-refractivity contribution is 8.68. The van der Waals surface area contributed by atoms with Crippen molar-refractivity contribution in [1.29, 1.82) is 0 Å². The number of thiol groups is 1. The summed E-state index contributed by atoms with van der Waals surface area (Å²) in [6.07, 6.45) is 0.0638. The molecule has 0 N–H and O–H groups in total. The fourth-order valence-corrected chi connectivity index (χ4v) is 1.62. The Kier molecular flexibility index (Phi) is 3.93. The summed E-state index contributed by atoms with van der Waals surface area (Å²) in [4.78, 5) is 0.513. The van der Waals surface area contributed by atoms with Crippen LogP contribution >= 0.6 is 22.5 Å². The Hall–Kier alpha value is -0.350. The van der Waals surface area contributed by atoms with Crippen LogP contribution in [0.2, 0.25) is 0 Å². The molecule has 72 valence electrons. The van der Waals surface area contributed by atoms with Crippen LogP contribution in [0.1, 0.15) is 13.8 Å². The maximum absolute atomic E-state index is 13.2. The van der Waals surface area contributed by atoms with Crippen LogP contribution in [0.4, 0.5) is 4.39 Å². The molecule has 0 aromatic heterocycles. The molecule has 0 aliphatic carbocycles.